The summed E-state index contributed by atoms with van der Waals surface area (Å²) in [6.45, 7) is 0.154. The molecule has 4 bridgehead atoms. The van der Waals surface area contributed by atoms with Crippen molar-refractivity contribution in [3.05, 3.63) is 0 Å². The molecule has 3 aliphatic carbocycles. The molecule has 0 radical (unpaired) electrons. The number of fused-ring (bicyclic) bond motifs is 2. The quantitative estimate of drug-likeness (QED) is 0.446. The summed E-state index contributed by atoms with van der Waals surface area (Å²) in [7, 11) is 0. The molecule has 6 atom stereocenters. The van der Waals surface area contributed by atoms with E-state index in [1.807, 2.05) is 0 Å². The molecular formula is C10H13IO3. The molecule has 14 heavy (non-hydrogen) atoms. The van der Waals surface area contributed by atoms with E-state index in [1.165, 1.54) is 0 Å². The highest BCUT2D eigenvalue weighted by Crippen LogP contribution is 2.56. The Balaban J connectivity index is 2.01. The second-order valence-electron chi connectivity index (χ2n) is 4.62. The number of hydrogen-bond acceptors (Lipinski definition) is 3. The lowest BCUT2D eigenvalue weighted by Gasteiger charge is -2.57. The summed E-state index contributed by atoms with van der Waals surface area (Å²) >= 11 is 2.42. The maximum absolute atomic E-state index is 11.6. The molecule has 1 N–H and O–H groups in total. The van der Waals surface area contributed by atoms with Gasteiger partial charge in [-0.3, -0.25) is 4.79 Å². The lowest BCUT2D eigenvalue weighted by atomic mass is 9.56. The van der Waals surface area contributed by atoms with Gasteiger partial charge >= 0.3 is 5.97 Å². The number of aliphatic hydroxyl groups is 1. The maximum atomic E-state index is 11.6. The van der Waals surface area contributed by atoms with Crippen LogP contribution in [-0.2, 0) is 9.53 Å². The molecule has 2 aliphatic heterocycles. The SMILES string of the molecule is O=C1O[C@H]2[C@@H](I)[C@H]3CC[C@H]2[C@@H](CO)[C@@H]13. The van der Waals surface area contributed by atoms with Gasteiger partial charge in [0, 0.05) is 18.4 Å². The van der Waals surface area contributed by atoms with Gasteiger partial charge in [-0.15, -0.1) is 0 Å². The summed E-state index contributed by atoms with van der Waals surface area (Å²) in [5.41, 5.74) is 0. The fourth-order valence-corrected chi connectivity index (χ4v) is 5.06. The zero-order chi connectivity index (χ0) is 9.87. The summed E-state index contributed by atoms with van der Waals surface area (Å²) in [5, 5.41) is 9.33. The molecule has 2 saturated heterocycles. The Morgan fingerprint density at radius 2 is 2.14 bits per heavy atom. The normalized spacial score (nSPS) is 54.9. The van der Waals surface area contributed by atoms with E-state index < -0.39 is 0 Å². The zero-order valence-corrected chi connectivity index (χ0v) is 9.88. The number of ether oxygens (including phenoxy) is 1. The van der Waals surface area contributed by atoms with E-state index in [1.54, 1.807) is 0 Å². The average molecular weight is 308 g/mol. The van der Waals surface area contributed by atoms with E-state index in [0.29, 0.717) is 15.8 Å². The molecule has 0 amide bonds. The molecule has 3 saturated carbocycles. The Morgan fingerprint density at radius 1 is 1.43 bits per heavy atom. The second-order valence-corrected chi connectivity index (χ2v) is 6.06. The summed E-state index contributed by atoms with van der Waals surface area (Å²) in [4.78, 5) is 11.6. The molecule has 0 unspecified atom stereocenters. The number of hydrogen-bond donors (Lipinski definition) is 1. The molecule has 0 aromatic heterocycles. The molecule has 0 aromatic rings. The van der Waals surface area contributed by atoms with Gasteiger partial charge in [0.25, 0.3) is 0 Å². The Kier molecular flexibility index (Phi) is 2.06. The zero-order valence-electron chi connectivity index (χ0n) is 7.73. The predicted molar refractivity (Wildman–Crippen MR) is 58.0 cm³/mol. The second kappa shape index (κ2) is 3.07. The molecule has 3 nitrogen and oxygen atoms in total. The summed E-state index contributed by atoms with van der Waals surface area (Å²) in [5.74, 6) is 1.01. The third-order valence-corrected chi connectivity index (χ3v) is 5.82. The van der Waals surface area contributed by atoms with Crippen LogP contribution in [0.25, 0.3) is 0 Å². The summed E-state index contributed by atoms with van der Waals surface area (Å²) < 4.78 is 5.89. The van der Waals surface area contributed by atoms with Gasteiger partial charge in [0.2, 0.25) is 0 Å². The van der Waals surface area contributed by atoms with Crippen LogP contribution in [0.15, 0.2) is 0 Å². The van der Waals surface area contributed by atoms with E-state index in [0.717, 1.165) is 12.8 Å². The van der Waals surface area contributed by atoms with Gasteiger partial charge in [-0.05, 0) is 18.8 Å². The highest BCUT2D eigenvalue weighted by molar-refractivity contribution is 14.1. The van der Waals surface area contributed by atoms with E-state index in [9.17, 15) is 9.90 Å². The van der Waals surface area contributed by atoms with Gasteiger partial charge in [-0.1, -0.05) is 22.6 Å². The average Bonchev–Trinajstić information content (AvgIpc) is 2.20. The molecule has 2 heterocycles. The highest BCUT2D eigenvalue weighted by Gasteiger charge is 2.61. The van der Waals surface area contributed by atoms with Crippen LogP contribution in [0.4, 0.5) is 0 Å². The minimum atomic E-state index is -0.0529. The Bertz CT molecular complexity index is 275. The van der Waals surface area contributed by atoms with Gasteiger partial charge in [-0.2, -0.15) is 0 Å². The lowest BCUT2D eigenvalue weighted by Crippen LogP contribution is -2.64. The van der Waals surface area contributed by atoms with Crippen LogP contribution in [0.1, 0.15) is 12.8 Å². The largest absolute Gasteiger partial charge is 0.461 e. The van der Waals surface area contributed by atoms with Crippen molar-refractivity contribution in [1.29, 1.82) is 0 Å². The Morgan fingerprint density at radius 3 is 2.79 bits per heavy atom. The first-order valence-electron chi connectivity index (χ1n) is 5.19. The number of esters is 1. The number of carbonyl (C=O) groups excluding carboxylic acids is 1. The highest BCUT2D eigenvalue weighted by atomic mass is 127. The predicted octanol–water partition coefficient (Wildman–Crippen LogP) is 0.980. The van der Waals surface area contributed by atoms with Crippen LogP contribution in [0.5, 0.6) is 0 Å². The number of alkyl halides is 1. The van der Waals surface area contributed by atoms with Crippen LogP contribution in [0.3, 0.4) is 0 Å². The fourth-order valence-electron chi connectivity index (χ4n) is 3.57. The first kappa shape index (κ1) is 9.39. The third-order valence-electron chi connectivity index (χ3n) is 4.19. The van der Waals surface area contributed by atoms with Crippen molar-refractivity contribution in [2.75, 3.05) is 6.61 Å². The standard InChI is InChI=1S/C10H13IO3/c11-8-5-2-1-4-6(3-12)7(5)10(13)14-9(4)8/h4-9,12H,1-3H2/t4-,5-,6+,7-,8-,9+/m0/s1. The van der Waals surface area contributed by atoms with Crippen molar-refractivity contribution < 1.29 is 14.6 Å². The van der Waals surface area contributed by atoms with Crippen molar-refractivity contribution in [3.63, 3.8) is 0 Å². The number of halogens is 1. The van der Waals surface area contributed by atoms with Crippen molar-refractivity contribution in [2.45, 2.75) is 22.9 Å². The van der Waals surface area contributed by atoms with Crippen LogP contribution in [0, 0.1) is 23.7 Å². The topological polar surface area (TPSA) is 46.5 Å². The maximum Gasteiger partial charge on any atom is 0.309 e. The number of rotatable bonds is 1. The van der Waals surface area contributed by atoms with Gasteiger partial charge < -0.3 is 9.84 Å². The summed E-state index contributed by atoms with van der Waals surface area (Å²) in [6, 6.07) is 0. The number of carbonyl (C=O) groups is 1. The van der Waals surface area contributed by atoms with Crippen molar-refractivity contribution in [2.24, 2.45) is 23.7 Å². The molecule has 5 rings (SSSR count). The molecular weight excluding hydrogens is 295 g/mol. The third kappa shape index (κ3) is 0.988. The van der Waals surface area contributed by atoms with Crippen molar-refractivity contribution in [1.82, 2.24) is 0 Å². The van der Waals surface area contributed by atoms with Gasteiger partial charge in [0.05, 0.1) is 9.84 Å². The minimum absolute atomic E-state index is 0.00866. The molecule has 4 heteroatoms. The van der Waals surface area contributed by atoms with Crippen molar-refractivity contribution in [3.8, 4) is 0 Å². The number of aliphatic hydroxyl groups excluding tert-OH is 1. The monoisotopic (exact) mass is 308 g/mol. The summed E-state index contributed by atoms with van der Waals surface area (Å²) in [6.07, 6.45) is 2.36. The van der Waals surface area contributed by atoms with E-state index >= 15 is 0 Å². The van der Waals surface area contributed by atoms with E-state index in [4.69, 9.17) is 4.74 Å². The minimum Gasteiger partial charge on any atom is -0.461 e. The first-order valence-corrected chi connectivity index (χ1v) is 6.44. The molecule has 5 fully saturated rings. The fraction of sp³-hybridized carbons (Fsp3) is 0.900. The van der Waals surface area contributed by atoms with Gasteiger partial charge in [0.1, 0.15) is 6.10 Å². The lowest BCUT2D eigenvalue weighted by molar-refractivity contribution is -0.205. The molecule has 0 aromatic carbocycles. The van der Waals surface area contributed by atoms with Gasteiger partial charge in [-0.25, -0.2) is 0 Å². The van der Waals surface area contributed by atoms with Crippen LogP contribution >= 0.6 is 22.6 Å². The Hall–Kier alpha value is 0.160. The van der Waals surface area contributed by atoms with Crippen LogP contribution in [-0.4, -0.2) is 27.7 Å². The van der Waals surface area contributed by atoms with Gasteiger partial charge in [0.15, 0.2) is 0 Å². The first-order chi connectivity index (χ1) is 6.74. The molecule has 5 aliphatic rings. The smallest absolute Gasteiger partial charge is 0.309 e. The molecule has 78 valence electrons. The van der Waals surface area contributed by atoms with Crippen LogP contribution in [0.2, 0.25) is 0 Å². The van der Waals surface area contributed by atoms with Crippen LogP contribution < -0.4 is 0 Å². The Labute approximate surface area is 96.3 Å². The van der Waals surface area contributed by atoms with E-state index in [2.05, 4.69) is 22.6 Å². The van der Waals surface area contributed by atoms with Crippen molar-refractivity contribution >= 4 is 28.6 Å². The van der Waals surface area contributed by atoms with E-state index in [-0.39, 0.29) is 30.5 Å². The molecule has 0 spiro atoms.